The van der Waals surface area contributed by atoms with Crippen molar-refractivity contribution in [2.24, 2.45) is 0 Å². The lowest BCUT2D eigenvalue weighted by Gasteiger charge is -2.14. The molecule has 0 aromatic carbocycles. The van der Waals surface area contributed by atoms with Crippen molar-refractivity contribution in [2.75, 3.05) is 5.32 Å². The van der Waals surface area contributed by atoms with Gasteiger partial charge in [0.15, 0.2) is 5.15 Å². The highest BCUT2D eigenvalue weighted by Crippen LogP contribution is 2.26. The summed E-state index contributed by atoms with van der Waals surface area (Å²) in [5, 5.41) is 3.77. The number of nitrogens with zero attached hydrogens (tertiary/aromatic N) is 1. The number of aromatic nitrogens is 1. The van der Waals surface area contributed by atoms with Gasteiger partial charge < -0.3 is 9.73 Å². The normalized spacial score (nSPS) is 12.5. The van der Waals surface area contributed by atoms with Gasteiger partial charge >= 0.3 is 0 Å². The zero-order valence-electron chi connectivity index (χ0n) is 10.1. The molecule has 2 aromatic heterocycles. The molecule has 1 atom stereocenters. The largest absolute Gasteiger partial charge is 0.464 e. The highest BCUT2D eigenvalue weighted by Gasteiger charge is 2.11. The molecular formula is C13H15ClN2O. The number of pyridine rings is 1. The maximum atomic E-state index is 6.03. The van der Waals surface area contributed by atoms with Gasteiger partial charge in [0.1, 0.15) is 11.5 Å². The lowest BCUT2D eigenvalue weighted by molar-refractivity contribution is 0.467. The first-order valence-corrected chi connectivity index (χ1v) is 5.89. The van der Waals surface area contributed by atoms with Crippen LogP contribution in [0.1, 0.15) is 30.0 Å². The summed E-state index contributed by atoms with van der Waals surface area (Å²) in [5.41, 5.74) is 1.90. The van der Waals surface area contributed by atoms with Gasteiger partial charge in [0.05, 0.1) is 11.7 Å². The van der Waals surface area contributed by atoms with Gasteiger partial charge in [-0.2, -0.15) is 0 Å². The standard InChI is InChI=1S/C13H15ClN2O/c1-8-6-11(13(14)15-7-8)16-10(3)12-5-4-9(2)17-12/h4-7,10,16H,1-3H3. The third-order valence-electron chi connectivity index (χ3n) is 2.54. The molecule has 0 spiro atoms. The molecule has 0 bridgehead atoms. The predicted octanol–water partition coefficient (Wildman–Crippen LogP) is 4.12. The molecule has 0 aliphatic carbocycles. The molecule has 0 amide bonds. The summed E-state index contributed by atoms with van der Waals surface area (Å²) in [7, 11) is 0. The van der Waals surface area contributed by atoms with Crippen molar-refractivity contribution in [1.29, 1.82) is 0 Å². The second-order valence-corrected chi connectivity index (χ2v) is 4.52. The number of rotatable bonds is 3. The topological polar surface area (TPSA) is 38.1 Å². The summed E-state index contributed by atoms with van der Waals surface area (Å²) in [6, 6.07) is 5.94. The molecule has 17 heavy (non-hydrogen) atoms. The zero-order valence-corrected chi connectivity index (χ0v) is 10.9. The number of anilines is 1. The molecule has 0 saturated heterocycles. The van der Waals surface area contributed by atoms with Crippen molar-refractivity contribution >= 4 is 17.3 Å². The Labute approximate surface area is 106 Å². The van der Waals surface area contributed by atoms with Crippen molar-refractivity contribution in [2.45, 2.75) is 26.8 Å². The summed E-state index contributed by atoms with van der Waals surface area (Å²) >= 11 is 6.03. The summed E-state index contributed by atoms with van der Waals surface area (Å²) in [6.45, 7) is 5.94. The minimum absolute atomic E-state index is 0.0600. The van der Waals surface area contributed by atoms with Gasteiger partial charge in [0.2, 0.25) is 0 Å². The Balaban J connectivity index is 2.18. The molecule has 0 fully saturated rings. The minimum Gasteiger partial charge on any atom is -0.464 e. The van der Waals surface area contributed by atoms with E-state index in [0.717, 1.165) is 22.8 Å². The molecule has 0 aliphatic rings. The van der Waals surface area contributed by atoms with Gasteiger partial charge in [-0.1, -0.05) is 11.6 Å². The molecule has 3 nitrogen and oxygen atoms in total. The molecule has 2 heterocycles. The van der Waals surface area contributed by atoms with Crippen LogP contribution < -0.4 is 5.32 Å². The van der Waals surface area contributed by atoms with Gasteiger partial charge in [0.25, 0.3) is 0 Å². The van der Waals surface area contributed by atoms with Gasteiger partial charge in [0, 0.05) is 6.20 Å². The Morgan fingerprint density at radius 1 is 1.35 bits per heavy atom. The number of furan rings is 1. The Kier molecular flexibility index (Phi) is 3.38. The van der Waals surface area contributed by atoms with Gasteiger partial charge in [-0.05, 0) is 44.5 Å². The first-order valence-electron chi connectivity index (χ1n) is 5.51. The second-order valence-electron chi connectivity index (χ2n) is 4.17. The van der Waals surface area contributed by atoms with Crippen LogP contribution in [0.2, 0.25) is 5.15 Å². The summed E-state index contributed by atoms with van der Waals surface area (Å²) in [5.74, 6) is 1.79. The molecule has 2 rings (SSSR count). The van der Waals surface area contributed by atoms with E-state index in [0.29, 0.717) is 5.15 Å². The Morgan fingerprint density at radius 3 is 2.76 bits per heavy atom. The third kappa shape index (κ3) is 2.80. The number of halogens is 1. The van der Waals surface area contributed by atoms with Crippen LogP contribution in [0.15, 0.2) is 28.8 Å². The fourth-order valence-corrected chi connectivity index (χ4v) is 1.80. The van der Waals surface area contributed by atoms with Crippen molar-refractivity contribution in [3.05, 3.63) is 46.6 Å². The predicted molar refractivity (Wildman–Crippen MR) is 69.5 cm³/mol. The lowest BCUT2D eigenvalue weighted by atomic mass is 10.2. The molecular weight excluding hydrogens is 236 g/mol. The molecule has 90 valence electrons. The lowest BCUT2D eigenvalue weighted by Crippen LogP contribution is -2.06. The molecule has 1 unspecified atom stereocenters. The summed E-state index contributed by atoms with van der Waals surface area (Å²) in [4.78, 5) is 4.10. The Bertz CT molecular complexity index is 522. The molecule has 4 heteroatoms. The Morgan fingerprint density at radius 2 is 2.12 bits per heavy atom. The monoisotopic (exact) mass is 250 g/mol. The van der Waals surface area contributed by atoms with E-state index >= 15 is 0 Å². The molecule has 0 saturated carbocycles. The molecule has 0 aliphatic heterocycles. The number of nitrogens with one attached hydrogen (secondary N) is 1. The quantitative estimate of drug-likeness (QED) is 0.833. The van der Waals surface area contributed by atoms with Crippen LogP contribution in [-0.2, 0) is 0 Å². The van der Waals surface area contributed by atoms with Crippen LogP contribution in [0.5, 0.6) is 0 Å². The molecule has 1 N–H and O–H groups in total. The summed E-state index contributed by atoms with van der Waals surface area (Å²) < 4.78 is 5.56. The van der Waals surface area contributed by atoms with Crippen LogP contribution >= 0.6 is 11.6 Å². The Hall–Kier alpha value is -1.48. The molecule has 0 radical (unpaired) electrons. The van der Waals surface area contributed by atoms with E-state index < -0.39 is 0 Å². The van der Waals surface area contributed by atoms with Crippen molar-refractivity contribution < 1.29 is 4.42 Å². The fourth-order valence-electron chi connectivity index (χ4n) is 1.64. The van der Waals surface area contributed by atoms with Crippen LogP contribution in [0.25, 0.3) is 0 Å². The van der Waals surface area contributed by atoms with Crippen molar-refractivity contribution in [3.8, 4) is 0 Å². The van der Waals surface area contributed by atoms with Crippen LogP contribution in [0.3, 0.4) is 0 Å². The highest BCUT2D eigenvalue weighted by atomic mass is 35.5. The van der Waals surface area contributed by atoms with E-state index in [1.165, 1.54) is 0 Å². The maximum Gasteiger partial charge on any atom is 0.152 e. The van der Waals surface area contributed by atoms with E-state index in [2.05, 4.69) is 10.3 Å². The minimum atomic E-state index is 0.0600. The van der Waals surface area contributed by atoms with Gasteiger partial charge in [-0.15, -0.1) is 0 Å². The number of hydrogen-bond acceptors (Lipinski definition) is 3. The van der Waals surface area contributed by atoms with Crippen molar-refractivity contribution in [3.63, 3.8) is 0 Å². The number of hydrogen-bond donors (Lipinski definition) is 1. The first-order chi connectivity index (χ1) is 8.06. The van der Waals surface area contributed by atoms with Gasteiger partial charge in [-0.25, -0.2) is 4.98 Å². The highest BCUT2D eigenvalue weighted by molar-refractivity contribution is 6.31. The fraction of sp³-hybridized carbons (Fsp3) is 0.308. The van der Waals surface area contributed by atoms with Crippen LogP contribution in [-0.4, -0.2) is 4.98 Å². The van der Waals surface area contributed by atoms with E-state index in [1.54, 1.807) is 6.20 Å². The second kappa shape index (κ2) is 4.80. The van der Waals surface area contributed by atoms with E-state index in [1.807, 2.05) is 39.0 Å². The van der Waals surface area contributed by atoms with Crippen molar-refractivity contribution in [1.82, 2.24) is 4.98 Å². The summed E-state index contributed by atoms with van der Waals surface area (Å²) in [6.07, 6.45) is 1.75. The van der Waals surface area contributed by atoms with E-state index in [9.17, 15) is 0 Å². The van der Waals surface area contributed by atoms with E-state index in [4.69, 9.17) is 16.0 Å². The third-order valence-corrected chi connectivity index (χ3v) is 2.84. The first kappa shape index (κ1) is 12.0. The smallest absolute Gasteiger partial charge is 0.152 e. The number of aryl methyl sites for hydroxylation is 2. The average Bonchev–Trinajstić information content (AvgIpc) is 2.70. The molecule has 2 aromatic rings. The SMILES string of the molecule is Cc1cnc(Cl)c(NC(C)c2ccc(C)o2)c1. The average molecular weight is 251 g/mol. The maximum absolute atomic E-state index is 6.03. The van der Waals surface area contributed by atoms with Crippen LogP contribution in [0, 0.1) is 13.8 Å². The zero-order chi connectivity index (χ0) is 12.4. The van der Waals surface area contributed by atoms with E-state index in [-0.39, 0.29) is 6.04 Å². The van der Waals surface area contributed by atoms with Crippen LogP contribution in [0.4, 0.5) is 5.69 Å². The van der Waals surface area contributed by atoms with Gasteiger partial charge in [-0.3, -0.25) is 0 Å².